The molecule has 0 spiro atoms. The van der Waals surface area contributed by atoms with Crippen molar-refractivity contribution in [2.75, 3.05) is 38.2 Å². The van der Waals surface area contributed by atoms with Crippen molar-refractivity contribution in [1.82, 2.24) is 19.9 Å². The lowest BCUT2D eigenvalue weighted by Crippen LogP contribution is -2.50. The van der Waals surface area contributed by atoms with Gasteiger partial charge in [-0.2, -0.15) is 0 Å². The van der Waals surface area contributed by atoms with E-state index < -0.39 is 5.97 Å². The maximum absolute atomic E-state index is 11.3. The van der Waals surface area contributed by atoms with Crippen molar-refractivity contribution in [1.29, 1.82) is 0 Å². The number of ether oxygens (including phenoxy) is 1. The van der Waals surface area contributed by atoms with Crippen molar-refractivity contribution in [2.45, 2.75) is 38.6 Å². The molecule has 4 heterocycles. The van der Waals surface area contributed by atoms with Gasteiger partial charge in [-0.25, -0.2) is 9.97 Å². The monoisotopic (exact) mass is 411 g/mol. The minimum atomic E-state index is -0.812. The summed E-state index contributed by atoms with van der Waals surface area (Å²) in [5, 5.41) is 12.7. The van der Waals surface area contributed by atoms with E-state index in [1.807, 2.05) is 6.92 Å². The summed E-state index contributed by atoms with van der Waals surface area (Å²) in [7, 11) is 0. The van der Waals surface area contributed by atoms with Crippen LogP contribution in [-0.2, 0) is 22.4 Å². The number of carbonyl (C=O) groups is 1. The van der Waals surface area contributed by atoms with Gasteiger partial charge in [-0.1, -0.05) is 0 Å². The van der Waals surface area contributed by atoms with Crippen molar-refractivity contribution >= 4 is 11.7 Å². The zero-order valence-corrected chi connectivity index (χ0v) is 17.4. The molecule has 1 fully saturated rings. The third-order valence-electron chi connectivity index (χ3n) is 5.77. The second-order valence-electron chi connectivity index (χ2n) is 8.15. The molecule has 8 heteroatoms. The van der Waals surface area contributed by atoms with E-state index in [0.29, 0.717) is 25.0 Å². The first-order valence-electron chi connectivity index (χ1n) is 10.6. The van der Waals surface area contributed by atoms with Gasteiger partial charge in [-0.05, 0) is 31.9 Å². The molecular formula is C22H29N5O3. The quantitative estimate of drug-likeness (QED) is 0.606. The van der Waals surface area contributed by atoms with Gasteiger partial charge < -0.3 is 15.2 Å². The highest BCUT2D eigenvalue weighted by atomic mass is 16.5. The van der Waals surface area contributed by atoms with Crippen molar-refractivity contribution in [3.05, 3.63) is 47.3 Å². The van der Waals surface area contributed by atoms with Gasteiger partial charge >= 0.3 is 5.97 Å². The van der Waals surface area contributed by atoms with Crippen LogP contribution in [0.3, 0.4) is 0 Å². The average Bonchev–Trinajstić information content (AvgIpc) is 2.71. The van der Waals surface area contributed by atoms with Gasteiger partial charge in [0.2, 0.25) is 0 Å². The van der Waals surface area contributed by atoms with Crippen molar-refractivity contribution in [3.63, 3.8) is 0 Å². The summed E-state index contributed by atoms with van der Waals surface area (Å²) >= 11 is 0. The number of hydrogen-bond acceptors (Lipinski definition) is 7. The van der Waals surface area contributed by atoms with E-state index in [2.05, 4.69) is 32.3 Å². The van der Waals surface area contributed by atoms with Gasteiger partial charge in [0.15, 0.2) is 0 Å². The number of pyridine rings is 1. The van der Waals surface area contributed by atoms with Crippen LogP contribution in [0.4, 0.5) is 5.69 Å². The Morgan fingerprint density at radius 2 is 2.13 bits per heavy atom. The third-order valence-corrected chi connectivity index (χ3v) is 5.77. The Balaban J connectivity index is 1.21. The lowest BCUT2D eigenvalue weighted by molar-refractivity contribution is -0.139. The molecule has 0 bridgehead atoms. The summed E-state index contributed by atoms with van der Waals surface area (Å²) in [4.78, 5) is 26.7. The summed E-state index contributed by atoms with van der Waals surface area (Å²) in [6.07, 6.45) is 6.51. The summed E-state index contributed by atoms with van der Waals surface area (Å²) in [5.74, 6) is 0.300. The number of hydrogen-bond donors (Lipinski definition) is 2. The normalized spacial score (nSPS) is 17.6. The fourth-order valence-corrected chi connectivity index (χ4v) is 4.11. The minimum absolute atomic E-state index is 0.0544. The van der Waals surface area contributed by atoms with Crippen LogP contribution in [0.25, 0.3) is 0 Å². The third kappa shape index (κ3) is 5.12. The van der Waals surface area contributed by atoms with E-state index in [1.165, 1.54) is 0 Å². The number of anilines is 1. The lowest BCUT2D eigenvalue weighted by Gasteiger charge is -2.43. The number of carboxylic acids is 1. The number of nitrogens with one attached hydrogen (secondary N) is 1. The SMILES string of the molecule is Cc1ncc(C(CC(=O)O)N2CC(COCCc3ccc4c(n3)CCCN4)C2)cn1. The van der Waals surface area contributed by atoms with E-state index in [1.54, 1.807) is 12.4 Å². The fraction of sp³-hybridized carbons (Fsp3) is 0.545. The van der Waals surface area contributed by atoms with Crippen LogP contribution in [0.2, 0.25) is 0 Å². The van der Waals surface area contributed by atoms with Gasteiger partial charge in [0.25, 0.3) is 0 Å². The number of aliphatic carboxylic acids is 1. The molecule has 0 saturated carbocycles. The Bertz CT molecular complexity index is 868. The molecule has 1 atom stereocenters. The highest BCUT2D eigenvalue weighted by Gasteiger charge is 2.34. The predicted molar refractivity (Wildman–Crippen MR) is 112 cm³/mol. The molecule has 30 heavy (non-hydrogen) atoms. The van der Waals surface area contributed by atoms with Gasteiger partial charge in [0.1, 0.15) is 5.82 Å². The Kier molecular flexibility index (Phi) is 6.54. The van der Waals surface area contributed by atoms with Crippen molar-refractivity contribution in [3.8, 4) is 0 Å². The first-order valence-corrected chi connectivity index (χ1v) is 10.6. The number of aromatic nitrogens is 3. The summed E-state index contributed by atoms with van der Waals surface area (Å²) < 4.78 is 5.89. The van der Waals surface area contributed by atoms with Crippen LogP contribution in [0.1, 0.15) is 41.7 Å². The molecule has 0 radical (unpaired) electrons. The van der Waals surface area contributed by atoms with E-state index in [9.17, 15) is 9.90 Å². The number of nitrogens with zero attached hydrogens (tertiary/aromatic N) is 4. The molecule has 2 N–H and O–H groups in total. The number of aryl methyl sites for hydroxylation is 2. The highest BCUT2D eigenvalue weighted by molar-refractivity contribution is 5.67. The molecule has 0 amide bonds. The Morgan fingerprint density at radius 3 is 2.90 bits per heavy atom. The van der Waals surface area contributed by atoms with Crippen molar-refractivity contribution in [2.24, 2.45) is 5.92 Å². The van der Waals surface area contributed by atoms with Crippen LogP contribution in [0.15, 0.2) is 24.5 Å². The van der Waals surface area contributed by atoms with Crippen LogP contribution >= 0.6 is 0 Å². The molecule has 8 nitrogen and oxygen atoms in total. The summed E-state index contributed by atoms with van der Waals surface area (Å²) in [5.41, 5.74) is 4.26. The predicted octanol–water partition coefficient (Wildman–Crippen LogP) is 2.25. The molecule has 1 saturated heterocycles. The van der Waals surface area contributed by atoms with Crippen LogP contribution in [-0.4, -0.2) is 63.8 Å². The fourth-order valence-electron chi connectivity index (χ4n) is 4.11. The molecule has 2 aromatic heterocycles. The Labute approximate surface area is 176 Å². The Morgan fingerprint density at radius 1 is 1.33 bits per heavy atom. The zero-order valence-electron chi connectivity index (χ0n) is 17.4. The second-order valence-corrected chi connectivity index (χ2v) is 8.15. The highest BCUT2D eigenvalue weighted by Crippen LogP contribution is 2.31. The lowest BCUT2D eigenvalue weighted by atomic mass is 9.94. The van der Waals surface area contributed by atoms with Crippen LogP contribution in [0, 0.1) is 12.8 Å². The summed E-state index contributed by atoms with van der Waals surface area (Å²) in [6.45, 7) is 5.85. The number of carboxylic acid groups (broad SMARTS) is 1. The summed E-state index contributed by atoms with van der Waals surface area (Å²) in [6, 6.07) is 4.01. The molecule has 0 aliphatic carbocycles. The first-order chi connectivity index (χ1) is 14.6. The largest absolute Gasteiger partial charge is 0.481 e. The molecule has 0 aromatic carbocycles. The Hall–Kier alpha value is -2.58. The van der Waals surface area contributed by atoms with Crippen LogP contribution in [0.5, 0.6) is 0 Å². The molecule has 160 valence electrons. The molecule has 1 unspecified atom stereocenters. The minimum Gasteiger partial charge on any atom is -0.481 e. The maximum atomic E-state index is 11.3. The first kappa shape index (κ1) is 20.7. The van der Waals surface area contributed by atoms with Gasteiger partial charge in [-0.3, -0.25) is 14.7 Å². The zero-order chi connectivity index (χ0) is 20.9. The molecule has 2 aromatic rings. The van der Waals surface area contributed by atoms with Crippen LogP contribution < -0.4 is 5.32 Å². The topological polar surface area (TPSA) is 100 Å². The van der Waals surface area contributed by atoms with E-state index in [-0.39, 0.29) is 12.5 Å². The van der Waals surface area contributed by atoms with Crippen molar-refractivity contribution < 1.29 is 14.6 Å². The maximum Gasteiger partial charge on any atom is 0.305 e. The number of rotatable bonds is 9. The molecule has 2 aliphatic rings. The standard InChI is InChI=1S/C22H29N5O3/c1-15-24-10-17(11-25-15)21(9-22(28)29)27-12-16(13-27)14-30-8-6-18-4-5-19-20(26-18)3-2-7-23-19/h4-5,10-11,16,21,23H,2-3,6-9,12-14H2,1H3,(H,28,29). The smallest absolute Gasteiger partial charge is 0.305 e. The van der Waals surface area contributed by atoms with Gasteiger partial charge in [0, 0.05) is 61.7 Å². The van der Waals surface area contributed by atoms with E-state index in [0.717, 1.165) is 61.5 Å². The van der Waals surface area contributed by atoms with E-state index in [4.69, 9.17) is 9.72 Å². The number of fused-ring (bicyclic) bond motifs is 1. The van der Waals surface area contributed by atoms with Gasteiger partial charge in [0.05, 0.1) is 31.0 Å². The average molecular weight is 412 g/mol. The second kappa shape index (κ2) is 9.49. The molecule has 2 aliphatic heterocycles. The van der Waals surface area contributed by atoms with Gasteiger partial charge in [-0.15, -0.1) is 0 Å². The molecular weight excluding hydrogens is 382 g/mol. The number of likely N-dealkylation sites (tertiary alicyclic amines) is 1. The molecule has 4 rings (SSSR count). The van der Waals surface area contributed by atoms with E-state index >= 15 is 0 Å².